The van der Waals surface area contributed by atoms with Crippen molar-refractivity contribution >= 4 is 23.9 Å². The minimum atomic E-state index is -1.32. The standard InChI is InChI=1S/C24H35NO8/c1-6-9-20(27)32-17-12-11-16(13-18(17)33-21(28)10-7-2)22(23(25)24(29)30)14(4)15(5)31-19(26)8-3/h11-15,22-23H,6-10,25H2,1-5H3,(H,29,30)/t14?,15?,22?,23-/m0/s1. The first kappa shape index (κ1) is 28.1. The van der Waals surface area contributed by atoms with E-state index in [0.29, 0.717) is 18.4 Å². The summed E-state index contributed by atoms with van der Waals surface area (Å²) in [7, 11) is 0. The second-order valence-corrected chi connectivity index (χ2v) is 7.95. The summed E-state index contributed by atoms with van der Waals surface area (Å²) >= 11 is 0. The van der Waals surface area contributed by atoms with E-state index in [1.165, 1.54) is 12.1 Å². The number of carbonyl (C=O) groups is 4. The van der Waals surface area contributed by atoms with Gasteiger partial charge in [0.2, 0.25) is 0 Å². The first-order valence-electron chi connectivity index (χ1n) is 11.3. The minimum Gasteiger partial charge on any atom is -0.480 e. The lowest BCUT2D eigenvalue weighted by Crippen LogP contribution is -2.42. The summed E-state index contributed by atoms with van der Waals surface area (Å²) < 4.78 is 16.2. The molecule has 9 heteroatoms. The van der Waals surface area contributed by atoms with Gasteiger partial charge in [0.05, 0.1) is 0 Å². The number of hydrogen-bond donors (Lipinski definition) is 2. The van der Waals surface area contributed by atoms with Gasteiger partial charge in [0, 0.05) is 31.1 Å². The molecule has 0 amide bonds. The van der Waals surface area contributed by atoms with Gasteiger partial charge in [0.15, 0.2) is 11.5 Å². The highest BCUT2D eigenvalue weighted by Gasteiger charge is 2.35. The number of benzene rings is 1. The van der Waals surface area contributed by atoms with E-state index in [1.54, 1.807) is 26.8 Å². The van der Waals surface area contributed by atoms with Gasteiger partial charge in [-0.2, -0.15) is 0 Å². The monoisotopic (exact) mass is 465 g/mol. The Morgan fingerprint density at radius 1 is 0.909 bits per heavy atom. The normalized spacial score (nSPS) is 14.5. The van der Waals surface area contributed by atoms with Crippen molar-refractivity contribution in [3.63, 3.8) is 0 Å². The Labute approximate surface area is 194 Å². The van der Waals surface area contributed by atoms with E-state index in [4.69, 9.17) is 19.9 Å². The van der Waals surface area contributed by atoms with Crippen molar-refractivity contribution in [1.82, 2.24) is 0 Å². The number of carboxylic acid groups (broad SMARTS) is 1. The Bertz CT molecular complexity index is 838. The summed E-state index contributed by atoms with van der Waals surface area (Å²) in [6, 6.07) is 3.16. The molecule has 0 heterocycles. The summed E-state index contributed by atoms with van der Waals surface area (Å²) in [4.78, 5) is 47.7. The Balaban J connectivity index is 3.43. The van der Waals surface area contributed by atoms with Crippen LogP contribution in [-0.4, -0.2) is 41.1 Å². The lowest BCUT2D eigenvalue weighted by molar-refractivity contribution is -0.151. The molecular weight excluding hydrogens is 430 g/mol. The van der Waals surface area contributed by atoms with E-state index >= 15 is 0 Å². The van der Waals surface area contributed by atoms with Crippen molar-refractivity contribution in [3.05, 3.63) is 23.8 Å². The highest BCUT2D eigenvalue weighted by molar-refractivity contribution is 5.77. The molecule has 0 aliphatic carbocycles. The van der Waals surface area contributed by atoms with Gasteiger partial charge in [-0.25, -0.2) is 0 Å². The van der Waals surface area contributed by atoms with E-state index in [2.05, 4.69) is 0 Å². The van der Waals surface area contributed by atoms with Crippen LogP contribution in [0.4, 0.5) is 0 Å². The predicted octanol–water partition coefficient (Wildman–Crippen LogP) is 3.57. The van der Waals surface area contributed by atoms with Gasteiger partial charge in [-0.1, -0.05) is 33.8 Å². The second-order valence-electron chi connectivity index (χ2n) is 7.95. The van der Waals surface area contributed by atoms with Gasteiger partial charge in [-0.3, -0.25) is 19.2 Å². The zero-order valence-corrected chi connectivity index (χ0v) is 20.0. The third-order valence-corrected chi connectivity index (χ3v) is 5.29. The SMILES string of the molecule is CCCC(=O)Oc1ccc(C(C(C)C(C)OC(=O)CC)[C@H](N)C(=O)O)cc1OC(=O)CCC. The smallest absolute Gasteiger partial charge is 0.321 e. The van der Waals surface area contributed by atoms with Crippen molar-refractivity contribution in [3.8, 4) is 11.5 Å². The molecule has 0 spiro atoms. The van der Waals surface area contributed by atoms with Gasteiger partial charge in [-0.15, -0.1) is 0 Å². The lowest BCUT2D eigenvalue weighted by atomic mass is 9.79. The summed E-state index contributed by atoms with van der Waals surface area (Å²) in [5.74, 6) is -3.85. The molecule has 9 nitrogen and oxygen atoms in total. The number of hydrogen-bond acceptors (Lipinski definition) is 8. The van der Waals surface area contributed by atoms with Crippen LogP contribution in [-0.2, 0) is 23.9 Å². The van der Waals surface area contributed by atoms with E-state index in [9.17, 15) is 24.3 Å². The van der Waals surface area contributed by atoms with Gasteiger partial charge in [0.1, 0.15) is 12.1 Å². The number of carbonyl (C=O) groups excluding carboxylic acids is 3. The highest BCUT2D eigenvalue weighted by Crippen LogP contribution is 2.37. The molecule has 0 saturated carbocycles. The molecular formula is C24H35NO8. The molecule has 3 N–H and O–H groups in total. The highest BCUT2D eigenvalue weighted by atomic mass is 16.6. The largest absolute Gasteiger partial charge is 0.480 e. The molecule has 0 saturated heterocycles. The molecule has 1 aromatic rings. The third-order valence-electron chi connectivity index (χ3n) is 5.29. The van der Waals surface area contributed by atoms with Crippen LogP contribution in [0.5, 0.6) is 11.5 Å². The van der Waals surface area contributed by atoms with Crippen molar-refractivity contribution in [2.45, 2.75) is 84.8 Å². The maximum Gasteiger partial charge on any atom is 0.321 e. The second kappa shape index (κ2) is 13.6. The molecule has 184 valence electrons. The zero-order valence-electron chi connectivity index (χ0n) is 20.0. The number of carboxylic acids is 1. The zero-order chi connectivity index (χ0) is 25.1. The summed E-state index contributed by atoms with van der Waals surface area (Å²) in [5.41, 5.74) is 6.47. The average molecular weight is 466 g/mol. The van der Waals surface area contributed by atoms with Crippen LogP contribution in [0.15, 0.2) is 18.2 Å². The average Bonchev–Trinajstić information content (AvgIpc) is 2.75. The molecule has 1 aromatic carbocycles. The van der Waals surface area contributed by atoms with Crippen LogP contribution < -0.4 is 15.2 Å². The van der Waals surface area contributed by atoms with Gasteiger partial charge < -0.3 is 25.1 Å². The fourth-order valence-electron chi connectivity index (χ4n) is 3.33. The number of rotatable bonds is 13. The summed E-state index contributed by atoms with van der Waals surface area (Å²) in [6.07, 6.45) is 1.05. The first-order valence-corrected chi connectivity index (χ1v) is 11.3. The Hall–Kier alpha value is -2.94. The maximum atomic E-state index is 12.2. The predicted molar refractivity (Wildman–Crippen MR) is 121 cm³/mol. The van der Waals surface area contributed by atoms with Gasteiger partial charge in [0.25, 0.3) is 0 Å². The van der Waals surface area contributed by atoms with Crippen LogP contribution in [0.25, 0.3) is 0 Å². The van der Waals surface area contributed by atoms with Crippen LogP contribution in [0, 0.1) is 5.92 Å². The fraction of sp³-hybridized carbons (Fsp3) is 0.583. The van der Waals surface area contributed by atoms with Crippen LogP contribution in [0.3, 0.4) is 0 Å². The van der Waals surface area contributed by atoms with E-state index in [1.807, 2.05) is 13.8 Å². The molecule has 0 aliphatic rings. The van der Waals surface area contributed by atoms with Gasteiger partial charge >= 0.3 is 23.9 Å². The Morgan fingerprint density at radius 3 is 1.94 bits per heavy atom. The fourth-order valence-corrected chi connectivity index (χ4v) is 3.33. The van der Waals surface area contributed by atoms with Gasteiger partial charge in [-0.05, 0) is 37.5 Å². The molecule has 0 aliphatic heterocycles. The molecule has 0 bridgehead atoms. The molecule has 0 radical (unpaired) electrons. The molecule has 33 heavy (non-hydrogen) atoms. The molecule has 3 unspecified atom stereocenters. The van der Waals surface area contributed by atoms with Crippen molar-refractivity contribution in [2.75, 3.05) is 0 Å². The maximum absolute atomic E-state index is 12.2. The quantitative estimate of drug-likeness (QED) is 0.330. The molecule has 0 fully saturated rings. The number of esters is 3. The van der Waals surface area contributed by atoms with E-state index in [-0.39, 0.29) is 30.8 Å². The first-order chi connectivity index (χ1) is 15.5. The molecule has 0 aromatic heterocycles. The van der Waals surface area contributed by atoms with Crippen molar-refractivity contribution in [2.24, 2.45) is 11.7 Å². The Kier molecular flexibility index (Phi) is 11.6. The molecule has 4 atom stereocenters. The molecule has 1 rings (SSSR count). The number of aliphatic carboxylic acids is 1. The Morgan fingerprint density at radius 2 is 1.45 bits per heavy atom. The van der Waals surface area contributed by atoms with Crippen LogP contribution in [0.2, 0.25) is 0 Å². The summed E-state index contributed by atoms with van der Waals surface area (Å²) in [6.45, 7) is 8.72. The topological polar surface area (TPSA) is 142 Å². The van der Waals surface area contributed by atoms with Crippen molar-refractivity contribution in [1.29, 1.82) is 0 Å². The van der Waals surface area contributed by atoms with Crippen LogP contribution >= 0.6 is 0 Å². The van der Waals surface area contributed by atoms with E-state index in [0.717, 1.165) is 0 Å². The van der Waals surface area contributed by atoms with E-state index < -0.39 is 47.9 Å². The summed E-state index contributed by atoms with van der Waals surface area (Å²) in [5, 5.41) is 9.60. The number of ether oxygens (including phenoxy) is 3. The number of nitrogens with two attached hydrogens (primary N) is 1. The lowest BCUT2D eigenvalue weighted by Gasteiger charge is -2.31. The third kappa shape index (κ3) is 8.49. The van der Waals surface area contributed by atoms with Crippen molar-refractivity contribution < 1.29 is 38.5 Å². The minimum absolute atomic E-state index is 0.00315. The van der Waals surface area contributed by atoms with Crippen LogP contribution in [0.1, 0.15) is 78.2 Å².